The van der Waals surface area contributed by atoms with Crippen LogP contribution in [0.5, 0.6) is 0 Å². The maximum absolute atomic E-state index is 11.4. The Morgan fingerprint density at radius 3 is 2.72 bits per heavy atom. The highest BCUT2D eigenvalue weighted by Gasteiger charge is 2.10. The summed E-state index contributed by atoms with van der Waals surface area (Å²) in [5.74, 6) is -1.28. The van der Waals surface area contributed by atoms with Crippen LogP contribution in [0.15, 0.2) is 34.8 Å². The normalized spacial score (nSPS) is 12.3. The lowest BCUT2D eigenvalue weighted by Gasteiger charge is -2.06. The monoisotopic (exact) mass is 312 g/mol. The highest BCUT2D eigenvalue weighted by atomic mass is 79.9. The van der Waals surface area contributed by atoms with Crippen molar-refractivity contribution in [1.29, 1.82) is 0 Å². The van der Waals surface area contributed by atoms with Gasteiger partial charge in [0.15, 0.2) is 0 Å². The molecule has 0 aliphatic rings. The van der Waals surface area contributed by atoms with Gasteiger partial charge in [0.1, 0.15) is 6.10 Å². The second-order valence-corrected chi connectivity index (χ2v) is 4.37. The summed E-state index contributed by atoms with van der Waals surface area (Å²) in [6, 6.07) is 7.41. The van der Waals surface area contributed by atoms with Gasteiger partial charge in [-0.1, -0.05) is 34.1 Å². The van der Waals surface area contributed by atoms with Gasteiger partial charge in [0, 0.05) is 10.5 Å². The maximum atomic E-state index is 11.4. The average molecular weight is 313 g/mol. The van der Waals surface area contributed by atoms with Crippen LogP contribution in [-0.2, 0) is 9.59 Å². The van der Waals surface area contributed by atoms with Gasteiger partial charge in [-0.25, -0.2) is 0 Å². The Hall–Kier alpha value is -1.66. The van der Waals surface area contributed by atoms with Gasteiger partial charge < -0.3 is 16.2 Å². The molecular formula is C12H13BrN2O3. The molecule has 0 saturated heterocycles. The van der Waals surface area contributed by atoms with Gasteiger partial charge in [-0.15, -0.1) is 0 Å². The van der Waals surface area contributed by atoms with E-state index >= 15 is 0 Å². The first-order valence-corrected chi connectivity index (χ1v) is 5.98. The number of amides is 2. The first kappa shape index (κ1) is 14.4. The van der Waals surface area contributed by atoms with Gasteiger partial charge in [0.25, 0.3) is 0 Å². The fourth-order valence-electron chi connectivity index (χ4n) is 1.13. The standard InChI is InChI=1S/C12H13BrN2O3/c13-9-4-2-1-3-8(9)5-6-11(17)15-7-10(16)12(14)18/h1-6,10,16H,7H2,(H2,14,18)(H,15,17)/b6-5+. The molecule has 0 spiro atoms. The van der Waals surface area contributed by atoms with Crippen LogP contribution in [0.2, 0.25) is 0 Å². The molecule has 0 heterocycles. The van der Waals surface area contributed by atoms with Crippen LogP contribution in [-0.4, -0.2) is 29.6 Å². The number of rotatable bonds is 5. The van der Waals surface area contributed by atoms with Gasteiger partial charge in [0.2, 0.25) is 11.8 Å². The van der Waals surface area contributed by atoms with E-state index in [1.54, 1.807) is 6.08 Å². The van der Waals surface area contributed by atoms with Crippen molar-refractivity contribution < 1.29 is 14.7 Å². The molecule has 96 valence electrons. The second-order valence-electron chi connectivity index (χ2n) is 3.52. The summed E-state index contributed by atoms with van der Waals surface area (Å²) in [7, 11) is 0. The van der Waals surface area contributed by atoms with Crippen molar-refractivity contribution in [3.8, 4) is 0 Å². The van der Waals surface area contributed by atoms with Gasteiger partial charge in [-0.3, -0.25) is 9.59 Å². The Balaban J connectivity index is 2.50. The largest absolute Gasteiger partial charge is 0.381 e. The van der Waals surface area contributed by atoms with E-state index in [1.807, 2.05) is 24.3 Å². The zero-order valence-electron chi connectivity index (χ0n) is 9.47. The van der Waals surface area contributed by atoms with E-state index in [-0.39, 0.29) is 6.54 Å². The fourth-order valence-corrected chi connectivity index (χ4v) is 1.55. The summed E-state index contributed by atoms with van der Waals surface area (Å²) in [5, 5.41) is 11.4. The zero-order valence-corrected chi connectivity index (χ0v) is 11.1. The van der Waals surface area contributed by atoms with Gasteiger partial charge in [-0.05, 0) is 17.7 Å². The van der Waals surface area contributed by atoms with E-state index in [4.69, 9.17) is 10.8 Å². The molecule has 0 radical (unpaired) electrons. The van der Waals surface area contributed by atoms with Crippen LogP contribution < -0.4 is 11.1 Å². The molecule has 18 heavy (non-hydrogen) atoms. The van der Waals surface area contributed by atoms with Crippen molar-refractivity contribution in [2.24, 2.45) is 5.73 Å². The molecule has 1 aromatic rings. The smallest absolute Gasteiger partial charge is 0.248 e. The number of halogens is 1. The van der Waals surface area contributed by atoms with E-state index in [0.29, 0.717) is 0 Å². The molecule has 0 fully saturated rings. The predicted octanol–water partition coefficient (Wildman–Crippen LogP) is 0.425. The average Bonchev–Trinajstić information content (AvgIpc) is 2.34. The number of aliphatic hydroxyl groups excluding tert-OH is 1. The zero-order chi connectivity index (χ0) is 13.5. The number of nitrogens with two attached hydrogens (primary N) is 1. The lowest BCUT2D eigenvalue weighted by molar-refractivity contribution is -0.126. The minimum atomic E-state index is -1.37. The fraction of sp³-hybridized carbons (Fsp3) is 0.167. The molecule has 1 aromatic carbocycles. The van der Waals surface area contributed by atoms with Crippen molar-refractivity contribution >= 4 is 33.8 Å². The maximum Gasteiger partial charge on any atom is 0.248 e. The van der Waals surface area contributed by atoms with Gasteiger partial charge >= 0.3 is 0 Å². The first-order chi connectivity index (χ1) is 8.50. The van der Waals surface area contributed by atoms with Crippen molar-refractivity contribution in [3.63, 3.8) is 0 Å². The van der Waals surface area contributed by atoms with Gasteiger partial charge in [0.05, 0.1) is 6.54 Å². The Morgan fingerprint density at radius 2 is 2.11 bits per heavy atom. The third kappa shape index (κ3) is 4.68. The third-order valence-electron chi connectivity index (χ3n) is 2.12. The minimum Gasteiger partial charge on any atom is -0.381 e. The SMILES string of the molecule is NC(=O)C(O)CNC(=O)/C=C/c1ccccc1Br. The Morgan fingerprint density at radius 1 is 1.44 bits per heavy atom. The van der Waals surface area contributed by atoms with Gasteiger partial charge in [-0.2, -0.15) is 0 Å². The molecule has 2 amide bonds. The molecule has 6 heteroatoms. The number of nitrogens with one attached hydrogen (secondary N) is 1. The van der Waals surface area contributed by atoms with Crippen LogP contribution in [0.25, 0.3) is 6.08 Å². The van der Waals surface area contributed by atoms with Crippen LogP contribution in [0.1, 0.15) is 5.56 Å². The first-order valence-electron chi connectivity index (χ1n) is 5.18. The summed E-state index contributed by atoms with van der Waals surface area (Å²) in [6.07, 6.45) is 1.56. The summed E-state index contributed by atoms with van der Waals surface area (Å²) < 4.78 is 0.867. The molecule has 1 atom stereocenters. The number of aliphatic hydroxyl groups is 1. The molecule has 0 bridgehead atoms. The Labute approximate surface area is 113 Å². The molecule has 0 saturated carbocycles. The lowest BCUT2D eigenvalue weighted by Crippen LogP contribution is -2.39. The summed E-state index contributed by atoms with van der Waals surface area (Å²) in [5.41, 5.74) is 5.69. The number of hydrogen-bond acceptors (Lipinski definition) is 3. The molecular weight excluding hydrogens is 300 g/mol. The quantitative estimate of drug-likeness (QED) is 0.688. The van der Waals surface area contributed by atoms with E-state index in [9.17, 15) is 9.59 Å². The highest BCUT2D eigenvalue weighted by Crippen LogP contribution is 2.16. The van der Waals surface area contributed by atoms with E-state index in [1.165, 1.54) is 6.08 Å². The van der Waals surface area contributed by atoms with Crippen LogP contribution >= 0.6 is 15.9 Å². The molecule has 4 N–H and O–H groups in total. The highest BCUT2D eigenvalue weighted by molar-refractivity contribution is 9.10. The minimum absolute atomic E-state index is 0.200. The topological polar surface area (TPSA) is 92.4 Å². The lowest BCUT2D eigenvalue weighted by atomic mass is 10.2. The van der Waals surface area contributed by atoms with Crippen molar-refractivity contribution in [2.45, 2.75) is 6.10 Å². The predicted molar refractivity (Wildman–Crippen MR) is 71.4 cm³/mol. The van der Waals surface area contributed by atoms with Crippen molar-refractivity contribution in [3.05, 3.63) is 40.4 Å². The van der Waals surface area contributed by atoms with Crippen molar-refractivity contribution in [1.82, 2.24) is 5.32 Å². The number of benzene rings is 1. The van der Waals surface area contributed by atoms with E-state index in [2.05, 4.69) is 21.2 Å². The molecule has 0 aliphatic carbocycles. The van der Waals surface area contributed by atoms with E-state index in [0.717, 1.165) is 10.0 Å². The summed E-state index contributed by atoms with van der Waals surface area (Å²) >= 11 is 3.34. The second kappa shape index (κ2) is 6.93. The van der Waals surface area contributed by atoms with Crippen molar-refractivity contribution in [2.75, 3.05) is 6.54 Å². The van der Waals surface area contributed by atoms with Crippen LogP contribution in [0.3, 0.4) is 0 Å². The Kier molecular flexibility index (Phi) is 5.54. The number of carbonyl (C=O) groups excluding carboxylic acids is 2. The summed E-state index contributed by atoms with van der Waals surface area (Å²) in [6.45, 7) is -0.200. The molecule has 0 aromatic heterocycles. The third-order valence-corrected chi connectivity index (χ3v) is 2.84. The number of hydrogen-bond donors (Lipinski definition) is 3. The van der Waals surface area contributed by atoms with E-state index < -0.39 is 17.9 Å². The number of primary amides is 1. The molecule has 1 unspecified atom stereocenters. The molecule has 1 rings (SSSR count). The number of carbonyl (C=O) groups is 2. The molecule has 5 nitrogen and oxygen atoms in total. The van der Waals surface area contributed by atoms with Crippen LogP contribution in [0.4, 0.5) is 0 Å². The Bertz CT molecular complexity index is 474. The summed E-state index contributed by atoms with van der Waals surface area (Å²) in [4.78, 5) is 21.9. The van der Waals surface area contributed by atoms with Crippen LogP contribution in [0, 0.1) is 0 Å². The molecule has 0 aliphatic heterocycles.